The van der Waals surface area contributed by atoms with Crippen LogP contribution in [0.2, 0.25) is 0 Å². The summed E-state index contributed by atoms with van der Waals surface area (Å²) in [4.78, 5) is 0. The number of benzene rings is 8. The van der Waals surface area contributed by atoms with Crippen molar-refractivity contribution in [1.82, 2.24) is 4.57 Å². The molecule has 61 heavy (non-hydrogen) atoms. The van der Waals surface area contributed by atoms with Gasteiger partial charge in [-0.2, -0.15) is 9.13 Å². The van der Waals surface area contributed by atoms with Crippen LogP contribution < -0.4 is 4.57 Å². The largest absolute Gasteiger partial charge is 0.255 e. The Kier molecular flexibility index (Phi) is 9.88. The van der Waals surface area contributed by atoms with Gasteiger partial charge in [0.2, 0.25) is 0 Å². The van der Waals surface area contributed by atoms with Gasteiger partial charge in [-0.25, -0.2) is 0 Å². The number of rotatable bonds is 10. The molecule has 2 nitrogen and oxygen atoms in total. The topological polar surface area (TPSA) is 8.81 Å². The Morgan fingerprint density at radius 2 is 0.787 bits per heavy atom. The maximum atomic E-state index is 2.60. The summed E-state index contributed by atoms with van der Waals surface area (Å²) in [6.45, 7) is 14.1. The summed E-state index contributed by atoms with van der Waals surface area (Å²) in [6.07, 6.45) is 2.46. The summed E-state index contributed by atoms with van der Waals surface area (Å²) < 4.78 is 5.20. The Morgan fingerprint density at radius 1 is 0.410 bits per heavy atom. The van der Waals surface area contributed by atoms with Crippen LogP contribution in [-0.2, 0) is 0 Å². The van der Waals surface area contributed by atoms with Crippen LogP contribution in [0.25, 0.3) is 44.7 Å². The maximum Gasteiger partial charge on any atom is 0.255 e. The van der Waals surface area contributed by atoms with Crippen molar-refractivity contribution in [1.29, 1.82) is 0 Å². The van der Waals surface area contributed by atoms with Crippen molar-refractivity contribution in [2.24, 2.45) is 0 Å². The Morgan fingerprint density at radius 3 is 1.21 bits per heavy atom. The zero-order valence-electron chi connectivity index (χ0n) is 36.1. The molecule has 1 aliphatic carbocycles. The van der Waals surface area contributed by atoms with Crippen LogP contribution in [0.3, 0.4) is 0 Å². The normalized spacial score (nSPS) is 13.8. The summed E-state index contributed by atoms with van der Waals surface area (Å²) in [6, 6.07) is 67.7. The van der Waals surface area contributed by atoms with Crippen molar-refractivity contribution in [2.45, 2.75) is 65.2 Å². The molecule has 0 spiro atoms. The first kappa shape index (κ1) is 38.4. The van der Waals surface area contributed by atoms with Gasteiger partial charge in [-0.1, -0.05) is 209 Å². The lowest BCUT2D eigenvalue weighted by Crippen LogP contribution is -2.35. The van der Waals surface area contributed by atoms with E-state index in [2.05, 4.69) is 239 Å². The van der Waals surface area contributed by atoms with Crippen LogP contribution in [0, 0.1) is 13.8 Å². The molecular weight excluding hydrogens is 737 g/mol. The third kappa shape index (κ3) is 6.62. The monoisotopic (exact) mass is 789 g/mol. The van der Waals surface area contributed by atoms with Gasteiger partial charge < -0.3 is 0 Å². The number of nitrogens with zero attached hydrogens (tertiary/aromatic N) is 2. The SMILES string of the molecule is Cc1cc([C@H](C)c2ccccc2)c(-n2c[n+](-c3c([C@H](C)c4ccccc4)cc(C)cc3[C@H](C)c3ccccc3)c3c2-c2cccc4cccc-3c24)c([C@H](C)c2ccccc2)c1. The average Bonchev–Trinajstić information content (AvgIpc) is 3.86. The zero-order chi connectivity index (χ0) is 41.8. The van der Waals surface area contributed by atoms with E-state index in [0.717, 1.165) is 0 Å². The minimum atomic E-state index is 0.144. The van der Waals surface area contributed by atoms with Crippen LogP contribution in [-0.4, -0.2) is 4.57 Å². The molecule has 298 valence electrons. The van der Waals surface area contributed by atoms with Gasteiger partial charge in [0.1, 0.15) is 11.4 Å². The van der Waals surface area contributed by atoms with E-state index in [-0.39, 0.29) is 23.7 Å². The number of hydrogen-bond acceptors (Lipinski definition) is 0. The Balaban J connectivity index is 1.35. The summed E-state index contributed by atoms with van der Waals surface area (Å²) in [5.41, 5.74) is 20.7. The lowest BCUT2D eigenvalue weighted by atomic mass is 9.83. The fourth-order valence-electron chi connectivity index (χ4n) is 10.3. The third-order valence-electron chi connectivity index (χ3n) is 13.5. The number of hydrogen-bond donors (Lipinski definition) is 0. The first-order valence-electron chi connectivity index (χ1n) is 22.0. The van der Waals surface area contributed by atoms with Gasteiger partial charge in [0.05, 0.1) is 0 Å². The molecule has 8 aromatic carbocycles. The Hall–Kier alpha value is -6.77. The van der Waals surface area contributed by atoms with Crippen LogP contribution >= 0.6 is 0 Å². The lowest BCUT2D eigenvalue weighted by Gasteiger charge is -2.23. The van der Waals surface area contributed by atoms with Crippen molar-refractivity contribution in [3.8, 4) is 33.9 Å². The molecule has 1 aliphatic rings. The van der Waals surface area contributed by atoms with Gasteiger partial charge in [-0.15, -0.1) is 0 Å². The van der Waals surface area contributed by atoms with E-state index in [9.17, 15) is 0 Å². The molecule has 0 saturated carbocycles. The van der Waals surface area contributed by atoms with Gasteiger partial charge in [0.25, 0.3) is 6.33 Å². The number of fused-ring (bicyclic) bond motifs is 3. The van der Waals surface area contributed by atoms with Crippen molar-refractivity contribution >= 4 is 10.8 Å². The van der Waals surface area contributed by atoms with E-state index in [1.807, 2.05) is 0 Å². The van der Waals surface area contributed by atoms with Crippen LogP contribution in [0.1, 0.15) is 107 Å². The highest BCUT2D eigenvalue weighted by atomic mass is 15.2. The van der Waals surface area contributed by atoms with Gasteiger partial charge in [-0.05, 0) is 53.6 Å². The smallest absolute Gasteiger partial charge is 0.193 e. The maximum absolute atomic E-state index is 2.60. The summed E-state index contributed by atoms with van der Waals surface area (Å²) in [5.74, 6) is 0.576. The molecule has 0 fully saturated rings. The van der Waals surface area contributed by atoms with E-state index in [1.165, 1.54) is 100 Å². The number of aromatic nitrogens is 2. The molecule has 0 saturated heterocycles. The molecule has 9 aromatic rings. The van der Waals surface area contributed by atoms with E-state index >= 15 is 0 Å². The van der Waals surface area contributed by atoms with E-state index in [4.69, 9.17) is 0 Å². The summed E-state index contributed by atoms with van der Waals surface area (Å²) >= 11 is 0. The molecule has 0 bridgehead atoms. The minimum absolute atomic E-state index is 0.144. The van der Waals surface area contributed by atoms with Crippen LogP contribution in [0.4, 0.5) is 0 Å². The van der Waals surface area contributed by atoms with E-state index in [1.54, 1.807) is 0 Å². The summed E-state index contributed by atoms with van der Waals surface area (Å²) in [5, 5.41) is 2.59. The fourth-order valence-corrected chi connectivity index (χ4v) is 10.3. The second-order valence-electron chi connectivity index (χ2n) is 17.4. The van der Waals surface area contributed by atoms with Crippen molar-refractivity contribution in [3.63, 3.8) is 0 Å². The fraction of sp³-hybridized carbons (Fsp3) is 0.169. The van der Waals surface area contributed by atoms with Crippen molar-refractivity contribution in [3.05, 3.63) is 244 Å². The van der Waals surface area contributed by atoms with Gasteiger partial charge in [0, 0.05) is 62.4 Å². The molecule has 2 heteroatoms. The molecule has 1 aromatic heterocycles. The molecule has 0 amide bonds. The van der Waals surface area contributed by atoms with Gasteiger partial charge in [-0.3, -0.25) is 0 Å². The molecule has 0 radical (unpaired) electrons. The second-order valence-corrected chi connectivity index (χ2v) is 17.4. The number of aryl methyl sites for hydroxylation is 2. The molecular formula is C59H53N2+. The Bertz CT molecular complexity index is 2700. The highest BCUT2D eigenvalue weighted by molar-refractivity contribution is 6.13. The second kappa shape index (κ2) is 15.7. The minimum Gasteiger partial charge on any atom is -0.193 e. The highest BCUT2D eigenvalue weighted by Gasteiger charge is 2.40. The quantitative estimate of drug-likeness (QED) is 0.122. The predicted molar refractivity (Wildman–Crippen MR) is 255 cm³/mol. The highest BCUT2D eigenvalue weighted by Crippen LogP contribution is 2.50. The first-order valence-corrected chi connectivity index (χ1v) is 22.0. The average molecular weight is 790 g/mol. The molecule has 0 unspecified atom stereocenters. The van der Waals surface area contributed by atoms with Crippen molar-refractivity contribution < 1.29 is 4.57 Å². The molecule has 1 heterocycles. The van der Waals surface area contributed by atoms with Crippen LogP contribution in [0.5, 0.6) is 0 Å². The van der Waals surface area contributed by atoms with Gasteiger partial charge >= 0.3 is 0 Å². The zero-order valence-corrected chi connectivity index (χ0v) is 36.1. The molecule has 10 rings (SSSR count). The lowest BCUT2D eigenvalue weighted by molar-refractivity contribution is -0.584. The predicted octanol–water partition coefficient (Wildman–Crippen LogP) is 14.8. The van der Waals surface area contributed by atoms with E-state index < -0.39 is 0 Å². The molecule has 0 N–H and O–H groups in total. The van der Waals surface area contributed by atoms with Crippen molar-refractivity contribution in [2.75, 3.05) is 0 Å². The Labute approximate surface area is 361 Å². The first-order chi connectivity index (χ1) is 29.8. The van der Waals surface area contributed by atoms with Crippen LogP contribution in [0.15, 0.2) is 188 Å². The summed E-state index contributed by atoms with van der Waals surface area (Å²) in [7, 11) is 0. The van der Waals surface area contributed by atoms with E-state index in [0.29, 0.717) is 0 Å². The standard InChI is InChI=1S/C59H53N2/c1-38-33-51(40(3)44-21-11-7-12-22-44)56(52(34-38)41(4)45-23-13-8-14-24-45)60-37-61(59-50-32-20-30-48-29-19-31-49(55(48)50)58(59)60)57-53(42(5)46-25-15-9-16-26-46)35-39(2)36-54(57)43(6)47-27-17-10-18-28-47/h7-37,40-43H,1-6H3/q+1/t40-,41-,42-,43-/m1/s1. The number of imidazole rings is 1. The molecule has 4 atom stereocenters. The third-order valence-corrected chi connectivity index (χ3v) is 13.5. The van der Waals surface area contributed by atoms with Gasteiger partial charge in [0.15, 0.2) is 11.4 Å². The molecule has 0 aliphatic heterocycles.